The van der Waals surface area contributed by atoms with Crippen molar-refractivity contribution in [1.29, 1.82) is 0 Å². The molecule has 0 bridgehead atoms. The van der Waals surface area contributed by atoms with E-state index in [0.29, 0.717) is 16.4 Å². The minimum Gasteiger partial charge on any atom is -0.266 e. The summed E-state index contributed by atoms with van der Waals surface area (Å²) >= 11 is 6.17. The van der Waals surface area contributed by atoms with Crippen LogP contribution in [-0.2, 0) is 0 Å². The smallest absolute Gasteiger partial charge is 0.266 e. The summed E-state index contributed by atoms with van der Waals surface area (Å²) in [5.74, 6) is -0.392. The van der Waals surface area contributed by atoms with E-state index < -0.39 is 5.91 Å². The average molecular weight is 361 g/mol. The van der Waals surface area contributed by atoms with Gasteiger partial charge in [0.1, 0.15) is 10.8 Å². The molecule has 6 heteroatoms. The van der Waals surface area contributed by atoms with Crippen molar-refractivity contribution in [3.05, 3.63) is 83.1 Å². The Bertz CT molecular complexity index is 1160. The molecule has 0 spiro atoms. The largest absolute Gasteiger partial charge is 0.289 e. The zero-order chi connectivity index (χ0) is 17.9. The molecule has 0 saturated carbocycles. The molecule has 2 aromatic carbocycles. The van der Waals surface area contributed by atoms with E-state index in [1.165, 1.54) is 6.21 Å². The number of rotatable bonds is 3. The normalized spacial score (nSPS) is 11.3. The van der Waals surface area contributed by atoms with Crippen LogP contribution in [0.15, 0.2) is 71.8 Å². The van der Waals surface area contributed by atoms with E-state index in [-0.39, 0.29) is 0 Å². The summed E-state index contributed by atoms with van der Waals surface area (Å²) in [5, 5.41) is 6.22. The van der Waals surface area contributed by atoms with Crippen LogP contribution < -0.4 is 5.43 Å². The van der Waals surface area contributed by atoms with Gasteiger partial charge >= 0.3 is 0 Å². The molecule has 2 heterocycles. The lowest BCUT2D eigenvalue weighted by molar-refractivity contribution is 0.0950. The Kier molecular flexibility index (Phi) is 4.29. The molecule has 0 aliphatic rings. The number of nitrogens with zero attached hydrogens (tertiary/aromatic N) is 3. The third-order valence-electron chi connectivity index (χ3n) is 3.91. The molecule has 4 aromatic rings. The van der Waals surface area contributed by atoms with Crippen LogP contribution in [0, 0.1) is 0 Å². The van der Waals surface area contributed by atoms with Crippen molar-refractivity contribution >= 4 is 45.5 Å². The van der Waals surface area contributed by atoms with Crippen LogP contribution in [0.2, 0.25) is 5.15 Å². The lowest BCUT2D eigenvalue weighted by Crippen LogP contribution is -2.19. The number of nitrogens with one attached hydrogen (secondary N) is 1. The number of fused-ring (bicyclic) bond motifs is 2. The third kappa shape index (κ3) is 3.25. The highest BCUT2D eigenvalue weighted by molar-refractivity contribution is 6.32. The number of amides is 1. The maximum Gasteiger partial charge on any atom is 0.289 e. The number of carbonyl (C=O) groups excluding carboxylic acids is 1. The van der Waals surface area contributed by atoms with Crippen molar-refractivity contribution < 1.29 is 4.79 Å². The molecule has 0 saturated heterocycles. The minimum atomic E-state index is -0.392. The Morgan fingerprint density at radius 2 is 1.62 bits per heavy atom. The predicted octanol–water partition coefficient (Wildman–Crippen LogP) is 4.20. The molecule has 0 atom stereocenters. The first-order valence-electron chi connectivity index (χ1n) is 7.95. The molecule has 0 aliphatic heterocycles. The lowest BCUT2D eigenvalue weighted by atomic mass is 10.2. The summed E-state index contributed by atoms with van der Waals surface area (Å²) in [6, 6.07) is 20.6. The molecule has 126 valence electrons. The fourth-order valence-electron chi connectivity index (χ4n) is 2.61. The number of pyridine rings is 2. The summed E-state index contributed by atoms with van der Waals surface area (Å²) < 4.78 is 0. The summed E-state index contributed by atoms with van der Waals surface area (Å²) in [6.07, 6.45) is 1.47. The molecule has 0 aliphatic carbocycles. The van der Waals surface area contributed by atoms with Crippen molar-refractivity contribution in [2.24, 2.45) is 5.10 Å². The van der Waals surface area contributed by atoms with Crippen molar-refractivity contribution in [1.82, 2.24) is 15.4 Å². The molecular formula is C20H13ClN4O. The maximum absolute atomic E-state index is 12.2. The van der Waals surface area contributed by atoms with Gasteiger partial charge in [0.2, 0.25) is 0 Å². The van der Waals surface area contributed by atoms with Gasteiger partial charge in [-0.25, -0.2) is 15.4 Å². The zero-order valence-corrected chi connectivity index (χ0v) is 14.3. The highest BCUT2D eigenvalue weighted by Gasteiger charge is 2.07. The molecule has 5 nitrogen and oxygen atoms in total. The van der Waals surface area contributed by atoms with Crippen LogP contribution in [0.25, 0.3) is 21.8 Å². The Morgan fingerprint density at radius 1 is 0.923 bits per heavy atom. The van der Waals surface area contributed by atoms with Crippen molar-refractivity contribution in [2.45, 2.75) is 0 Å². The van der Waals surface area contributed by atoms with Gasteiger partial charge < -0.3 is 0 Å². The number of halogens is 1. The first-order valence-corrected chi connectivity index (χ1v) is 8.33. The molecule has 1 amide bonds. The van der Waals surface area contributed by atoms with E-state index in [0.717, 1.165) is 21.8 Å². The predicted molar refractivity (Wildman–Crippen MR) is 104 cm³/mol. The standard InChI is InChI=1S/C20H13ClN4O/c21-19-15(11-14-6-2-4-8-17(14)24-19)12-22-25-20(26)18-10-9-13-5-1-3-7-16(13)23-18/h1-12H,(H,25,26)/b22-12-. The van der Waals surface area contributed by atoms with Crippen LogP contribution >= 0.6 is 11.6 Å². The molecule has 0 fully saturated rings. The van der Waals surface area contributed by atoms with E-state index in [9.17, 15) is 4.79 Å². The fourth-order valence-corrected chi connectivity index (χ4v) is 2.80. The Balaban J connectivity index is 1.54. The van der Waals surface area contributed by atoms with Gasteiger partial charge in [-0.15, -0.1) is 0 Å². The topological polar surface area (TPSA) is 67.2 Å². The van der Waals surface area contributed by atoms with Crippen LogP contribution in [0.5, 0.6) is 0 Å². The van der Waals surface area contributed by atoms with Crippen LogP contribution in [0.1, 0.15) is 16.1 Å². The average Bonchev–Trinajstić information content (AvgIpc) is 2.68. The summed E-state index contributed by atoms with van der Waals surface area (Å²) in [5.41, 5.74) is 4.95. The summed E-state index contributed by atoms with van der Waals surface area (Å²) in [7, 11) is 0. The zero-order valence-electron chi connectivity index (χ0n) is 13.6. The number of hydrogen-bond acceptors (Lipinski definition) is 4. The van der Waals surface area contributed by atoms with Gasteiger partial charge in [0.05, 0.1) is 17.2 Å². The Hall–Kier alpha value is -3.31. The van der Waals surface area contributed by atoms with Crippen LogP contribution in [-0.4, -0.2) is 22.1 Å². The molecule has 1 N–H and O–H groups in total. The SMILES string of the molecule is O=C(N/N=C\c1cc2ccccc2nc1Cl)c1ccc2ccccc2n1. The summed E-state index contributed by atoms with van der Waals surface area (Å²) in [6.45, 7) is 0. The minimum absolute atomic E-state index is 0.295. The van der Waals surface area contributed by atoms with Gasteiger partial charge in [0, 0.05) is 16.3 Å². The van der Waals surface area contributed by atoms with E-state index in [4.69, 9.17) is 11.6 Å². The molecule has 4 rings (SSSR count). The molecule has 0 radical (unpaired) electrons. The maximum atomic E-state index is 12.2. The van der Waals surface area contributed by atoms with E-state index >= 15 is 0 Å². The van der Waals surface area contributed by atoms with Crippen LogP contribution in [0.4, 0.5) is 0 Å². The summed E-state index contributed by atoms with van der Waals surface area (Å²) in [4.78, 5) is 20.9. The highest BCUT2D eigenvalue weighted by Crippen LogP contribution is 2.19. The lowest BCUT2D eigenvalue weighted by Gasteiger charge is -2.03. The molecular weight excluding hydrogens is 348 g/mol. The van der Waals surface area contributed by atoms with Gasteiger partial charge in [0.15, 0.2) is 0 Å². The second-order valence-corrected chi connectivity index (χ2v) is 6.01. The molecule has 0 unspecified atom stereocenters. The quantitative estimate of drug-likeness (QED) is 0.338. The van der Waals surface area contributed by atoms with Crippen molar-refractivity contribution in [3.63, 3.8) is 0 Å². The van der Waals surface area contributed by atoms with Crippen molar-refractivity contribution in [2.75, 3.05) is 0 Å². The second-order valence-electron chi connectivity index (χ2n) is 5.65. The molecule has 2 aromatic heterocycles. The van der Waals surface area contributed by atoms with E-state index in [1.54, 1.807) is 6.07 Å². The number of para-hydroxylation sites is 2. The number of benzene rings is 2. The second kappa shape index (κ2) is 6.90. The Morgan fingerprint density at radius 3 is 2.42 bits per heavy atom. The Labute approximate surface area is 154 Å². The monoisotopic (exact) mass is 360 g/mol. The number of hydrogen-bond donors (Lipinski definition) is 1. The number of hydrazone groups is 1. The third-order valence-corrected chi connectivity index (χ3v) is 4.21. The molecule has 26 heavy (non-hydrogen) atoms. The fraction of sp³-hybridized carbons (Fsp3) is 0. The number of carbonyl (C=O) groups is 1. The van der Waals surface area contributed by atoms with Gasteiger partial charge in [0.25, 0.3) is 5.91 Å². The van der Waals surface area contributed by atoms with Gasteiger partial charge in [-0.05, 0) is 24.3 Å². The first-order chi connectivity index (χ1) is 12.7. The van der Waals surface area contributed by atoms with Gasteiger partial charge in [-0.1, -0.05) is 54.1 Å². The highest BCUT2D eigenvalue weighted by atomic mass is 35.5. The van der Waals surface area contributed by atoms with E-state index in [2.05, 4.69) is 20.5 Å². The van der Waals surface area contributed by atoms with Gasteiger partial charge in [-0.2, -0.15) is 5.10 Å². The first kappa shape index (κ1) is 16.2. The van der Waals surface area contributed by atoms with Gasteiger partial charge in [-0.3, -0.25) is 4.79 Å². The number of aromatic nitrogens is 2. The van der Waals surface area contributed by atoms with E-state index in [1.807, 2.05) is 60.7 Å². The van der Waals surface area contributed by atoms with Crippen molar-refractivity contribution in [3.8, 4) is 0 Å². The van der Waals surface area contributed by atoms with Crippen LogP contribution in [0.3, 0.4) is 0 Å².